The lowest BCUT2D eigenvalue weighted by Crippen LogP contribution is -2.43. The summed E-state index contributed by atoms with van der Waals surface area (Å²) in [6.07, 6.45) is 2.13. The SMILES string of the molecule is CC1(CO)CCCN(Cc2csc(-c3cccc([N+](=O)[O-])c3)n2)C1. The van der Waals surface area contributed by atoms with Crippen LogP contribution >= 0.6 is 11.3 Å². The molecule has 0 radical (unpaired) electrons. The molecule has 1 N–H and O–H groups in total. The fraction of sp³-hybridized carbons (Fsp3) is 0.471. The fourth-order valence-electron chi connectivity index (χ4n) is 3.19. The summed E-state index contributed by atoms with van der Waals surface area (Å²) >= 11 is 1.51. The molecule has 1 aromatic heterocycles. The largest absolute Gasteiger partial charge is 0.396 e. The van der Waals surface area contributed by atoms with Crippen LogP contribution in [0.15, 0.2) is 29.6 Å². The number of piperidine rings is 1. The standard InChI is InChI=1S/C17H21N3O3S/c1-17(12-21)6-3-7-19(11-17)9-14-10-24-16(18-14)13-4-2-5-15(8-13)20(22)23/h2,4-5,8,10,21H,3,6-7,9,11-12H2,1H3. The monoisotopic (exact) mass is 347 g/mol. The first-order valence-electron chi connectivity index (χ1n) is 8.01. The quantitative estimate of drug-likeness (QED) is 0.663. The molecule has 6 nitrogen and oxygen atoms in total. The van der Waals surface area contributed by atoms with Crippen LogP contribution in [0, 0.1) is 15.5 Å². The van der Waals surface area contributed by atoms with Gasteiger partial charge in [0.15, 0.2) is 0 Å². The molecule has 1 atom stereocenters. The molecular formula is C17H21N3O3S. The van der Waals surface area contributed by atoms with Crippen LogP contribution in [0.1, 0.15) is 25.5 Å². The van der Waals surface area contributed by atoms with E-state index in [0.29, 0.717) is 0 Å². The molecule has 7 heteroatoms. The second-order valence-electron chi connectivity index (χ2n) is 6.73. The van der Waals surface area contributed by atoms with Crippen LogP contribution in [0.4, 0.5) is 5.69 Å². The Morgan fingerprint density at radius 3 is 3.08 bits per heavy atom. The van der Waals surface area contributed by atoms with Crippen molar-refractivity contribution in [2.45, 2.75) is 26.3 Å². The zero-order valence-corrected chi connectivity index (χ0v) is 14.5. The zero-order chi connectivity index (χ0) is 17.2. The van der Waals surface area contributed by atoms with E-state index in [1.165, 1.54) is 17.4 Å². The molecule has 3 rings (SSSR count). The van der Waals surface area contributed by atoms with Crippen molar-refractivity contribution in [3.05, 3.63) is 45.5 Å². The van der Waals surface area contributed by atoms with Gasteiger partial charge in [-0.05, 0) is 19.4 Å². The number of benzene rings is 1. The van der Waals surface area contributed by atoms with Gasteiger partial charge in [0.1, 0.15) is 5.01 Å². The molecule has 1 aliphatic rings. The minimum Gasteiger partial charge on any atom is -0.396 e. The molecular weight excluding hydrogens is 326 g/mol. The van der Waals surface area contributed by atoms with Gasteiger partial charge in [-0.3, -0.25) is 15.0 Å². The van der Waals surface area contributed by atoms with Gasteiger partial charge in [0.2, 0.25) is 0 Å². The van der Waals surface area contributed by atoms with Crippen molar-refractivity contribution in [3.8, 4) is 10.6 Å². The van der Waals surface area contributed by atoms with Gasteiger partial charge in [-0.1, -0.05) is 19.1 Å². The van der Waals surface area contributed by atoms with E-state index in [0.717, 1.165) is 48.7 Å². The number of nitro benzene ring substituents is 1. The second kappa shape index (κ2) is 6.96. The average Bonchev–Trinajstić information content (AvgIpc) is 3.03. The Morgan fingerprint density at radius 1 is 1.50 bits per heavy atom. The molecule has 0 amide bonds. The Hall–Kier alpha value is -1.83. The lowest BCUT2D eigenvalue weighted by molar-refractivity contribution is -0.384. The summed E-state index contributed by atoms with van der Waals surface area (Å²) < 4.78 is 0. The molecule has 0 saturated carbocycles. The molecule has 1 aliphatic heterocycles. The number of nitro groups is 1. The van der Waals surface area contributed by atoms with Gasteiger partial charge in [0.25, 0.3) is 5.69 Å². The lowest BCUT2D eigenvalue weighted by atomic mass is 9.83. The average molecular weight is 347 g/mol. The number of rotatable bonds is 5. The number of thiazole rings is 1. The van der Waals surface area contributed by atoms with Crippen LogP contribution < -0.4 is 0 Å². The highest BCUT2D eigenvalue weighted by Crippen LogP contribution is 2.31. The van der Waals surface area contributed by atoms with Crippen LogP contribution in [0.5, 0.6) is 0 Å². The summed E-state index contributed by atoms with van der Waals surface area (Å²) in [5.41, 5.74) is 1.80. The Kier molecular flexibility index (Phi) is 4.93. The van der Waals surface area contributed by atoms with Gasteiger partial charge < -0.3 is 5.11 Å². The van der Waals surface area contributed by atoms with Gasteiger partial charge in [-0.25, -0.2) is 4.98 Å². The molecule has 1 fully saturated rings. The maximum absolute atomic E-state index is 10.9. The second-order valence-corrected chi connectivity index (χ2v) is 7.59. The van der Waals surface area contributed by atoms with Crippen LogP contribution in [0.25, 0.3) is 10.6 Å². The molecule has 2 heterocycles. The van der Waals surface area contributed by atoms with Gasteiger partial charge in [-0.15, -0.1) is 11.3 Å². The number of hydrogen-bond donors (Lipinski definition) is 1. The summed E-state index contributed by atoms with van der Waals surface area (Å²) in [4.78, 5) is 17.5. The number of aliphatic hydroxyl groups is 1. The third-order valence-electron chi connectivity index (χ3n) is 4.48. The molecule has 0 bridgehead atoms. The Bertz CT molecular complexity index is 733. The topological polar surface area (TPSA) is 79.5 Å². The zero-order valence-electron chi connectivity index (χ0n) is 13.6. The van der Waals surface area contributed by atoms with Crippen molar-refractivity contribution in [2.75, 3.05) is 19.7 Å². The first-order chi connectivity index (χ1) is 11.5. The summed E-state index contributed by atoms with van der Waals surface area (Å²) in [6, 6.07) is 6.58. The van der Waals surface area contributed by atoms with Crippen molar-refractivity contribution in [3.63, 3.8) is 0 Å². The van der Waals surface area contributed by atoms with Crippen LogP contribution in [-0.2, 0) is 6.54 Å². The highest BCUT2D eigenvalue weighted by Gasteiger charge is 2.30. The van der Waals surface area contributed by atoms with E-state index in [1.54, 1.807) is 12.1 Å². The van der Waals surface area contributed by atoms with Gasteiger partial charge in [-0.2, -0.15) is 0 Å². The maximum atomic E-state index is 10.9. The Morgan fingerprint density at radius 2 is 2.33 bits per heavy atom. The molecule has 24 heavy (non-hydrogen) atoms. The predicted molar refractivity (Wildman–Crippen MR) is 93.9 cm³/mol. The van der Waals surface area contributed by atoms with E-state index in [-0.39, 0.29) is 22.6 Å². The van der Waals surface area contributed by atoms with E-state index in [4.69, 9.17) is 0 Å². The summed E-state index contributed by atoms with van der Waals surface area (Å²) in [7, 11) is 0. The minimum absolute atomic E-state index is 0.0306. The first-order valence-corrected chi connectivity index (χ1v) is 8.89. The van der Waals surface area contributed by atoms with Gasteiger partial charge in [0.05, 0.1) is 10.6 Å². The third kappa shape index (κ3) is 3.80. The lowest BCUT2D eigenvalue weighted by Gasteiger charge is -2.39. The van der Waals surface area contributed by atoms with Crippen molar-refractivity contribution >= 4 is 17.0 Å². The summed E-state index contributed by atoms with van der Waals surface area (Å²) in [5.74, 6) is 0. The molecule has 2 aromatic rings. The van der Waals surface area contributed by atoms with Crippen LogP contribution in [-0.4, -0.2) is 39.6 Å². The summed E-state index contributed by atoms with van der Waals surface area (Å²) in [5, 5.41) is 23.3. The molecule has 1 aromatic carbocycles. The van der Waals surface area contributed by atoms with E-state index >= 15 is 0 Å². The summed E-state index contributed by atoms with van der Waals surface area (Å²) in [6.45, 7) is 4.96. The number of aromatic nitrogens is 1. The highest BCUT2D eigenvalue weighted by molar-refractivity contribution is 7.13. The van der Waals surface area contributed by atoms with Gasteiger partial charge >= 0.3 is 0 Å². The molecule has 1 saturated heterocycles. The smallest absolute Gasteiger partial charge is 0.270 e. The molecule has 0 aliphatic carbocycles. The van der Waals surface area contributed by atoms with E-state index in [2.05, 4.69) is 16.8 Å². The molecule has 1 unspecified atom stereocenters. The first kappa shape index (κ1) is 17.0. The highest BCUT2D eigenvalue weighted by atomic mass is 32.1. The van der Waals surface area contributed by atoms with E-state index in [9.17, 15) is 15.2 Å². The van der Waals surface area contributed by atoms with Gasteiger partial charge in [0, 0.05) is 48.2 Å². The van der Waals surface area contributed by atoms with Crippen molar-refractivity contribution in [2.24, 2.45) is 5.41 Å². The maximum Gasteiger partial charge on any atom is 0.270 e. The van der Waals surface area contributed by atoms with E-state index < -0.39 is 0 Å². The predicted octanol–water partition coefficient (Wildman–Crippen LogP) is 3.31. The number of non-ortho nitro benzene ring substituents is 1. The molecule has 128 valence electrons. The minimum atomic E-state index is -0.387. The normalized spacial score (nSPS) is 21.8. The van der Waals surface area contributed by atoms with Crippen molar-refractivity contribution in [1.82, 2.24) is 9.88 Å². The molecule has 0 spiro atoms. The van der Waals surface area contributed by atoms with E-state index in [1.807, 2.05) is 11.4 Å². The van der Waals surface area contributed by atoms with Crippen LogP contribution in [0.2, 0.25) is 0 Å². The van der Waals surface area contributed by atoms with Crippen LogP contribution in [0.3, 0.4) is 0 Å². The third-order valence-corrected chi connectivity index (χ3v) is 5.42. The fourth-order valence-corrected chi connectivity index (χ4v) is 3.99. The number of nitrogens with zero attached hydrogens (tertiary/aromatic N) is 3. The van der Waals surface area contributed by atoms with Crippen molar-refractivity contribution < 1.29 is 10.0 Å². The Balaban J connectivity index is 1.72. The number of hydrogen-bond acceptors (Lipinski definition) is 6. The number of likely N-dealkylation sites (tertiary alicyclic amines) is 1. The van der Waals surface area contributed by atoms with Crippen molar-refractivity contribution in [1.29, 1.82) is 0 Å². The number of aliphatic hydroxyl groups excluding tert-OH is 1. The Labute approximate surface area is 144 Å².